The third-order valence-corrected chi connectivity index (χ3v) is 12.0. The van der Waals surface area contributed by atoms with Gasteiger partial charge in [-0.05, 0) is 38.5 Å². The summed E-state index contributed by atoms with van der Waals surface area (Å²) in [4.78, 5) is 139. The summed E-state index contributed by atoms with van der Waals surface area (Å²) in [5.74, 6) is -8.82. The molecule has 3 rings (SSSR count). The van der Waals surface area contributed by atoms with Gasteiger partial charge in [-0.25, -0.2) is 14.8 Å². The van der Waals surface area contributed by atoms with Crippen LogP contribution in [0.15, 0.2) is 30.0 Å². The van der Waals surface area contributed by atoms with Crippen molar-refractivity contribution in [1.82, 2.24) is 62.1 Å². The van der Waals surface area contributed by atoms with E-state index in [9.17, 15) is 53.4 Å². The van der Waals surface area contributed by atoms with E-state index < -0.39 is 120 Å². The predicted octanol–water partition coefficient (Wildman–Crippen LogP) is -5.31. The number of nitrogens with one attached hydrogen (secondary N) is 9. The number of likely N-dealkylation sites (tertiary alicyclic amines) is 1. The Labute approximate surface area is 414 Å². The lowest BCUT2D eigenvalue weighted by molar-refractivity contribution is -0.142. The molecule has 0 bridgehead atoms. The van der Waals surface area contributed by atoms with Crippen LogP contribution in [0.25, 0.3) is 0 Å². The number of carboxylic acid groups (broad SMARTS) is 1. The number of rotatable bonds is 29. The largest absolute Gasteiger partial charge is 0.480 e. The molecular formula is C41H66N16O11S2. The molecule has 70 heavy (non-hydrogen) atoms. The molecule has 1 aliphatic heterocycles. The Morgan fingerprint density at radius 2 is 1.34 bits per heavy atom. The smallest absolute Gasteiger partial charge is 0.327 e. The lowest BCUT2D eigenvalue weighted by atomic mass is 9.96. The number of carbonyl (C=O) groups excluding carboxylic acids is 8. The van der Waals surface area contributed by atoms with Gasteiger partial charge in [0.05, 0.1) is 31.3 Å². The molecule has 0 aromatic carbocycles. The van der Waals surface area contributed by atoms with E-state index >= 15 is 0 Å². The zero-order valence-corrected chi connectivity index (χ0v) is 40.8. The molecule has 0 saturated carbocycles. The minimum absolute atomic E-state index is 0.0134. The van der Waals surface area contributed by atoms with Gasteiger partial charge in [0.1, 0.15) is 42.3 Å². The first-order valence-corrected chi connectivity index (χ1v) is 23.7. The van der Waals surface area contributed by atoms with Crippen LogP contribution in [0.2, 0.25) is 0 Å². The number of thiol groups is 2. The number of carboxylic acids is 1. The Balaban J connectivity index is 1.85. The summed E-state index contributed by atoms with van der Waals surface area (Å²) in [6.45, 7) is 4.37. The molecule has 1 aliphatic rings. The van der Waals surface area contributed by atoms with E-state index in [1.54, 1.807) is 13.8 Å². The number of aromatic amines is 2. The van der Waals surface area contributed by atoms with Gasteiger partial charge >= 0.3 is 5.97 Å². The molecule has 2 aromatic rings. The number of hydrogen-bond acceptors (Lipinski definition) is 16. The number of aliphatic hydroxyl groups excluding tert-OH is 1. The molecule has 27 nitrogen and oxygen atoms in total. The van der Waals surface area contributed by atoms with E-state index in [4.69, 9.17) is 17.2 Å². The molecule has 1 saturated heterocycles. The van der Waals surface area contributed by atoms with Crippen molar-refractivity contribution in [2.45, 2.75) is 120 Å². The summed E-state index contributed by atoms with van der Waals surface area (Å²) in [6, 6.07) is -10.5. The maximum absolute atomic E-state index is 14.3. The lowest BCUT2D eigenvalue weighted by Gasteiger charge is -2.29. The Bertz CT molecular complexity index is 2110. The van der Waals surface area contributed by atoms with E-state index in [1.807, 2.05) is 0 Å². The fraction of sp³-hybridized carbons (Fsp3) is 0.610. The molecule has 0 spiro atoms. The van der Waals surface area contributed by atoms with E-state index in [-0.39, 0.29) is 49.7 Å². The summed E-state index contributed by atoms with van der Waals surface area (Å²) < 4.78 is 0. The number of aliphatic hydroxyl groups is 1. The number of guanidine groups is 1. The number of aliphatic carboxylic acids is 1. The van der Waals surface area contributed by atoms with Gasteiger partial charge in [0.15, 0.2) is 5.96 Å². The highest BCUT2D eigenvalue weighted by Gasteiger charge is 2.38. The minimum atomic E-state index is -1.69. The van der Waals surface area contributed by atoms with Crippen LogP contribution in [0.4, 0.5) is 0 Å². The van der Waals surface area contributed by atoms with Crippen LogP contribution >= 0.6 is 25.3 Å². The fourth-order valence-corrected chi connectivity index (χ4v) is 7.55. The van der Waals surface area contributed by atoms with Crippen LogP contribution in [0, 0.1) is 5.92 Å². The van der Waals surface area contributed by atoms with Crippen LogP contribution in [0.1, 0.15) is 64.3 Å². The van der Waals surface area contributed by atoms with Crippen molar-refractivity contribution in [3.05, 3.63) is 36.4 Å². The Hall–Kier alpha value is -6.46. The summed E-state index contributed by atoms with van der Waals surface area (Å²) in [6.07, 6.45) is 4.86. The second kappa shape index (κ2) is 28.9. The predicted molar refractivity (Wildman–Crippen MR) is 258 cm³/mol. The molecule has 10 atom stereocenters. The zero-order chi connectivity index (χ0) is 52.1. The molecule has 17 N–H and O–H groups in total. The Morgan fingerprint density at radius 1 is 0.800 bits per heavy atom. The SMILES string of the molecule is CC[C@H](C)[C@H](NC(=O)[C@H](Cc1cnc[nH]1)NC(=O)CNC(=O)[C@@H]1CCCN1C(=O)[C@@H](N)CS)C(=O)N[C@@H](Cc1cnc[nH]1)C(=O)N[C@@H](CCCN=C(N)N)C(=O)N[C@H](C(=O)N[C@@H](CS)C(=O)O)[C@@H](C)O. The second-order valence-corrected chi connectivity index (χ2v) is 17.4. The average Bonchev–Trinajstić information content (AvgIpc) is 4.15. The first-order valence-electron chi connectivity index (χ1n) is 22.5. The highest BCUT2D eigenvalue weighted by molar-refractivity contribution is 7.80. The standard InChI is InChI=1S/C41H66N16O11S2/c1-4-20(2)31(55-35(62)26(11-22-13-45-18-49-22)51-30(59)15-48-36(63)29-8-6-10-57(29)39(66)24(42)16-69)37(64)53-27(12-23-14-46-19-50-23)34(61)52-25(7-5-9-47-41(43)44)33(60)56-32(21(3)58)38(65)54-28(17-70)40(67)68/h13-14,18-21,24-29,31-32,58,69-70H,4-12,15-17,42H2,1-3H3,(H,45,49)(H,46,50)(H,48,63)(H,51,59)(H,52,61)(H,53,64)(H,54,65)(H,55,62)(H,56,60)(H,67,68)(H4,43,44,47)/t20-,21+,24-,25-,26-,27-,28-,29-,31-,32-/m0/s1. The van der Waals surface area contributed by atoms with Crippen molar-refractivity contribution in [1.29, 1.82) is 0 Å². The van der Waals surface area contributed by atoms with Gasteiger partial charge in [-0.2, -0.15) is 25.3 Å². The maximum atomic E-state index is 14.3. The van der Waals surface area contributed by atoms with E-state index in [1.165, 1.54) is 36.9 Å². The van der Waals surface area contributed by atoms with Crippen molar-refractivity contribution in [3.63, 3.8) is 0 Å². The van der Waals surface area contributed by atoms with Crippen LogP contribution < -0.4 is 54.4 Å². The third-order valence-electron chi connectivity index (χ3n) is 11.2. The van der Waals surface area contributed by atoms with Crippen LogP contribution in [0.5, 0.6) is 0 Å². The topological polar surface area (TPSA) is 429 Å². The number of amides is 8. The third kappa shape index (κ3) is 18.1. The van der Waals surface area contributed by atoms with Crippen molar-refractivity contribution >= 4 is 84.4 Å². The second-order valence-electron chi connectivity index (χ2n) is 16.6. The number of hydrogen-bond donors (Lipinski definition) is 16. The molecule has 3 heterocycles. The first kappa shape index (κ1) is 57.9. The maximum Gasteiger partial charge on any atom is 0.327 e. The normalized spacial score (nSPS) is 17.1. The fourth-order valence-electron chi connectivity index (χ4n) is 7.14. The van der Waals surface area contributed by atoms with Crippen molar-refractivity contribution in [2.75, 3.05) is 31.1 Å². The number of aliphatic imine (C=N–C) groups is 1. The van der Waals surface area contributed by atoms with Gasteiger partial charge in [0.25, 0.3) is 0 Å². The molecule has 0 radical (unpaired) electrons. The quantitative estimate of drug-likeness (QED) is 0.0157. The zero-order valence-electron chi connectivity index (χ0n) is 39.1. The average molecular weight is 1020 g/mol. The number of nitrogens with two attached hydrogens (primary N) is 3. The number of aromatic nitrogens is 4. The van der Waals surface area contributed by atoms with E-state index in [2.05, 4.69) is 87.4 Å². The highest BCUT2D eigenvalue weighted by Crippen LogP contribution is 2.19. The summed E-state index contributed by atoms with van der Waals surface area (Å²) in [7, 11) is 0. The van der Waals surface area contributed by atoms with Crippen LogP contribution in [-0.4, -0.2) is 180 Å². The molecule has 388 valence electrons. The highest BCUT2D eigenvalue weighted by atomic mass is 32.1. The van der Waals surface area contributed by atoms with Crippen LogP contribution in [0.3, 0.4) is 0 Å². The summed E-state index contributed by atoms with van der Waals surface area (Å²) >= 11 is 8.00. The summed E-state index contributed by atoms with van der Waals surface area (Å²) in [5, 5.41) is 37.5. The number of H-pyrrole nitrogens is 2. The van der Waals surface area contributed by atoms with Crippen molar-refractivity contribution in [3.8, 4) is 0 Å². The van der Waals surface area contributed by atoms with E-state index in [0.29, 0.717) is 37.2 Å². The number of carbonyl (C=O) groups is 9. The minimum Gasteiger partial charge on any atom is -0.480 e. The molecule has 2 aromatic heterocycles. The van der Waals surface area contributed by atoms with Gasteiger partial charge in [-0.1, -0.05) is 20.3 Å². The molecular weight excluding hydrogens is 957 g/mol. The van der Waals surface area contributed by atoms with Crippen molar-refractivity contribution in [2.24, 2.45) is 28.1 Å². The van der Waals surface area contributed by atoms with Gasteiger partial charge in [-0.15, -0.1) is 0 Å². The molecule has 0 aliphatic carbocycles. The van der Waals surface area contributed by atoms with Crippen molar-refractivity contribution < 1.29 is 53.4 Å². The molecule has 8 amide bonds. The lowest BCUT2D eigenvalue weighted by Crippen LogP contribution is -2.62. The number of imidazole rings is 2. The monoisotopic (exact) mass is 1020 g/mol. The van der Waals surface area contributed by atoms with Crippen LogP contribution in [-0.2, 0) is 56.0 Å². The Morgan fingerprint density at radius 3 is 1.87 bits per heavy atom. The van der Waals surface area contributed by atoms with Gasteiger partial charge in [0, 0.05) is 61.2 Å². The van der Waals surface area contributed by atoms with Gasteiger partial charge < -0.3 is 79.5 Å². The summed E-state index contributed by atoms with van der Waals surface area (Å²) in [5.41, 5.74) is 17.6. The molecule has 0 unspecified atom stereocenters. The van der Waals surface area contributed by atoms with Gasteiger partial charge in [-0.3, -0.25) is 43.3 Å². The molecule has 1 fully saturated rings. The Kier molecular flexibility index (Phi) is 23.9. The van der Waals surface area contributed by atoms with E-state index in [0.717, 1.165) is 0 Å². The molecule has 29 heteroatoms. The first-order chi connectivity index (χ1) is 33.2. The van der Waals surface area contributed by atoms with Gasteiger partial charge in [0.2, 0.25) is 47.3 Å². The number of nitrogens with zero attached hydrogens (tertiary/aromatic N) is 4.